The van der Waals surface area contributed by atoms with Gasteiger partial charge in [-0.1, -0.05) is 18.3 Å². The molecule has 7 nitrogen and oxygen atoms in total. The predicted octanol–water partition coefficient (Wildman–Crippen LogP) is 2.52. The Morgan fingerprint density at radius 2 is 2.08 bits per heavy atom. The van der Waals surface area contributed by atoms with Gasteiger partial charge in [0.1, 0.15) is 9.84 Å². The van der Waals surface area contributed by atoms with Crippen molar-refractivity contribution in [2.24, 2.45) is 0 Å². The normalized spacial score (nSPS) is 11.1. The van der Waals surface area contributed by atoms with E-state index in [1.165, 1.54) is 33.6 Å². The number of anilines is 1. The number of nitrogens with zero attached hydrogens (tertiary/aromatic N) is 4. The van der Waals surface area contributed by atoms with Crippen LogP contribution in [0, 0.1) is 13.8 Å². The van der Waals surface area contributed by atoms with Crippen LogP contribution in [0.5, 0.6) is 0 Å². The fourth-order valence-corrected chi connectivity index (χ4v) is 3.96. The van der Waals surface area contributed by atoms with E-state index in [1.54, 1.807) is 0 Å². The van der Waals surface area contributed by atoms with E-state index in [-0.39, 0.29) is 24.4 Å². The van der Waals surface area contributed by atoms with Crippen LogP contribution in [0.1, 0.15) is 28.8 Å². The fourth-order valence-electron chi connectivity index (χ4n) is 2.28. The number of hydrogen-bond donors (Lipinski definition) is 1. The molecule has 0 aliphatic heterocycles. The summed E-state index contributed by atoms with van der Waals surface area (Å²) >= 11 is 2.87. The molecule has 0 saturated carbocycles. The largest absolute Gasteiger partial charge is 0.300 e. The number of aromatic nitrogens is 4. The van der Waals surface area contributed by atoms with Gasteiger partial charge in [0, 0.05) is 17.8 Å². The van der Waals surface area contributed by atoms with Crippen molar-refractivity contribution in [3.63, 3.8) is 0 Å². The van der Waals surface area contributed by atoms with E-state index in [1.807, 2.05) is 20.8 Å². The van der Waals surface area contributed by atoms with Gasteiger partial charge < -0.3 is 5.32 Å². The molecule has 0 bridgehead atoms. The van der Waals surface area contributed by atoms with Crippen LogP contribution in [0.15, 0.2) is 11.1 Å². The molecule has 0 radical (unpaired) electrons. The summed E-state index contributed by atoms with van der Waals surface area (Å²) in [7, 11) is 0. The van der Waals surface area contributed by atoms with Crippen molar-refractivity contribution in [3.05, 3.63) is 32.1 Å². The summed E-state index contributed by atoms with van der Waals surface area (Å²) in [5, 5.41) is 12.6. The molecule has 0 saturated heterocycles. The van der Waals surface area contributed by atoms with Crippen molar-refractivity contribution < 1.29 is 4.79 Å². The molecule has 126 valence electrons. The lowest BCUT2D eigenvalue weighted by Gasteiger charge is -2.05. The summed E-state index contributed by atoms with van der Waals surface area (Å²) in [5.74, 6) is -0.195. The fraction of sp³-hybridized carbons (Fsp3) is 0.400. The Labute approximate surface area is 146 Å². The van der Waals surface area contributed by atoms with Gasteiger partial charge in [-0.25, -0.2) is 4.98 Å². The summed E-state index contributed by atoms with van der Waals surface area (Å²) in [6.07, 6.45) is 2.47. The number of aryl methyl sites for hydroxylation is 4. The van der Waals surface area contributed by atoms with Crippen LogP contribution in [0.2, 0.25) is 0 Å². The van der Waals surface area contributed by atoms with E-state index in [0.717, 1.165) is 26.7 Å². The molecule has 24 heavy (non-hydrogen) atoms. The number of nitrogens with one attached hydrogen (secondary N) is 1. The quantitative estimate of drug-likeness (QED) is 0.752. The average molecular weight is 363 g/mol. The first-order valence-electron chi connectivity index (χ1n) is 7.57. The van der Waals surface area contributed by atoms with Crippen LogP contribution < -0.4 is 10.9 Å². The van der Waals surface area contributed by atoms with E-state index in [2.05, 4.69) is 20.5 Å². The first kappa shape index (κ1) is 16.7. The highest BCUT2D eigenvalue weighted by Gasteiger charge is 2.13. The highest BCUT2D eigenvalue weighted by molar-refractivity contribution is 7.18. The third-order valence-corrected chi connectivity index (χ3v) is 5.85. The summed E-state index contributed by atoms with van der Waals surface area (Å²) < 4.78 is 1.48. The van der Waals surface area contributed by atoms with E-state index in [0.29, 0.717) is 10.5 Å². The van der Waals surface area contributed by atoms with Gasteiger partial charge in [-0.15, -0.1) is 21.5 Å². The third-order valence-electron chi connectivity index (χ3n) is 3.75. The lowest BCUT2D eigenvalue weighted by Crippen LogP contribution is -2.23. The average Bonchev–Trinajstić information content (AvgIpc) is 3.12. The van der Waals surface area contributed by atoms with E-state index in [4.69, 9.17) is 0 Å². The molecule has 1 amide bonds. The van der Waals surface area contributed by atoms with Crippen LogP contribution in [-0.4, -0.2) is 25.7 Å². The first-order valence-corrected chi connectivity index (χ1v) is 9.20. The molecule has 1 N–H and O–H groups in total. The molecule has 0 aliphatic carbocycles. The van der Waals surface area contributed by atoms with Gasteiger partial charge in [0.25, 0.3) is 5.56 Å². The predicted molar refractivity (Wildman–Crippen MR) is 95.9 cm³/mol. The Balaban J connectivity index is 1.71. The molecule has 0 spiro atoms. The minimum Gasteiger partial charge on any atom is -0.300 e. The van der Waals surface area contributed by atoms with E-state index < -0.39 is 0 Å². The van der Waals surface area contributed by atoms with Gasteiger partial charge in [0.2, 0.25) is 11.0 Å². The molecule has 0 aromatic carbocycles. The smallest absolute Gasteiger partial charge is 0.262 e. The van der Waals surface area contributed by atoms with Crippen LogP contribution in [0.25, 0.3) is 10.2 Å². The molecule has 3 aromatic rings. The van der Waals surface area contributed by atoms with Crippen molar-refractivity contribution in [1.29, 1.82) is 0 Å². The highest BCUT2D eigenvalue weighted by atomic mass is 32.1. The summed E-state index contributed by atoms with van der Waals surface area (Å²) in [6, 6.07) is 0. The van der Waals surface area contributed by atoms with Crippen molar-refractivity contribution in [3.8, 4) is 0 Å². The Hall–Kier alpha value is -2.13. The lowest BCUT2D eigenvalue weighted by atomic mass is 10.2. The number of thiophene rings is 1. The number of fused-ring (bicyclic) bond motifs is 1. The van der Waals surface area contributed by atoms with Crippen molar-refractivity contribution in [2.45, 2.75) is 40.2 Å². The van der Waals surface area contributed by atoms with Crippen molar-refractivity contribution in [1.82, 2.24) is 19.7 Å². The topological polar surface area (TPSA) is 89.8 Å². The zero-order chi connectivity index (χ0) is 17.3. The van der Waals surface area contributed by atoms with Crippen LogP contribution in [0.4, 0.5) is 5.13 Å². The molecule has 0 unspecified atom stereocenters. The van der Waals surface area contributed by atoms with Crippen LogP contribution in [0.3, 0.4) is 0 Å². The van der Waals surface area contributed by atoms with Crippen molar-refractivity contribution >= 4 is 43.9 Å². The molecule has 9 heteroatoms. The second-order valence-corrected chi connectivity index (χ2v) is 7.62. The van der Waals surface area contributed by atoms with Gasteiger partial charge in [0.15, 0.2) is 0 Å². The Morgan fingerprint density at radius 3 is 2.79 bits per heavy atom. The maximum absolute atomic E-state index is 12.6. The standard InChI is InChI=1S/C15H17N5O2S2/c1-4-11-18-19-15(24-11)17-10(21)5-6-20-7-16-13-12(14(20)22)8(2)9(3)23-13/h7H,4-6H2,1-3H3,(H,17,19,21). The van der Waals surface area contributed by atoms with Gasteiger partial charge in [-0.3, -0.25) is 14.2 Å². The Bertz CT molecular complexity index is 957. The molecule has 3 rings (SSSR count). The SMILES string of the molecule is CCc1nnc(NC(=O)CCn2cnc3sc(C)c(C)c3c2=O)s1. The summed E-state index contributed by atoms with van der Waals surface area (Å²) in [6.45, 7) is 6.16. The molecule has 0 atom stereocenters. The summed E-state index contributed by atoms with van der Waals surface area (Å²) in [4.78, 5) is 30.7. The van der Waals surface area contributed by atoms with Gasteiger partial charge in [-0.2, -0.15) is 0 Å². The molecule has 3 heterocycles. The summed E-state index contributed by atoms with van der Waals surface area (Å²) in [5.41, 5.74) is 0.867. The van der Waals surface area contributed by atoms with Crippen LogP contribution in [-0.2, 0) is 17.8 Å². The van der Waals surface area contributed by atoms with Crippen LogP contribution >= 0.6 is 22.7 Å². The van der Waals surface area contributed by atoms with Crippen molar-refractivity contribution in [2.75, 3.05) is 5.32 Å². The zero-order valence-corrected chi connectivity index (χ0v) is 15.3. The monoisotopic (exact) mass is 363 g/mol. The van der Waals surface area contributed by atoms with E-state index >= 15 is 0 Å². The number of rotatable bonds is 5. The molecule has 0 aliphatic rings. The first-order chi connectivity index (χ1) is 11.5. The number of carbonyl (C=O) groups is 1. The lowest BCUT2D eigenvalue weighted by molar-refractivity contribution is -0.116. The minimum absolute atomic E-state index is 0.0983. The molecule has 0 fully saturated rings. The maximum atomic E-state index is 12.6. The Kier molecular flexibility index (Phi) is 4.72. The number of hydrogen-bond acceptors (Lipinski definition) is 7. The van der Waals surface area contributed by atoms with Gasteiger partial charge >= 0.3 is 0 Å². The Morgan fingerprint density at radius 1 is 1.29 bits per heavy atom. The van der Waals surface area contributed by atoms with E-state index in [9.17, 15) is 9.59 Å². The molecule has 3 aromatic heterocycles. The number of amides is 1. The molecular formula is C15H17N5O2S2. The second-order valence-electron chi connectivity index (χ2n) is 5.36. The zero-order valence-electron chi connectivity index (χ0n) is 13.6. The highest BCUT2D eigenvalue weighted by Crippen LogP contribution is 2.25. The third kappa shape index (κ3) is 3.22. The number of carbonyl (C=O) groups excluding carboxylic acids is 1. The molecular weight excluding hydrogens is 346 g/mol. The maximum Gasteiger partial charge on any atom is 0.262 e. The van der Waals surface area contributed by atoms with Gasteiger partial charge in [-0.05, 0) is 25.8 Å². The second kappa shape index (κ2) is 6.78. The van der Waals surface area contributed by atoms with Gasteiger partial charge in [0.05, 0.1) is 11.7 Å². The minimum atomic E-state index is -0.195.